The number of hydrogen-bond acceptors (Lipinski definition) is 6. The molecule has 1 saturated carbocycles. The number of methoxy groups -OCH3 is 1. The Morgan fingerprint density at radius 2 is 1.73 bits per heavy atom. The molecule has 3 fully saturated rings. The number of phenols is 1. The lowest BCUT2D eigenvalue weighted by atomic mass is 9.56. The van der Waals surface area contributed by atoms with Gasteiger partial charge in [0.1, 0.15) is 11.5 Å². The minimum atomic E-state index is -1.97. The maximum absolute atomic E-state index is 14.0. The monoisotopic (exact) mass is 602 g/mol. The molecule has 2 heterocycles. The van der Waals surface area contributed by atoms with Crippen molar-refractivity contribution < 1.29 is 29.0 Å². The van der Waals surface area contributed by atoms with Gasteiger partial charge in [-0.15, -0.1) is 23.2 Å². The molecule has 2 aliphatic carbocycles. The lowest BCUT2D eigenvalue weighted by Crippen LogP contribution is -2.60. The van der Waals surface area contributed by atoms with Crippen LogP contribution in [0.5, 0.6) is 11.5 Å². The number of aromatic hydroxyl groups is 1. The number of rotatable bonds is 3. The smallest absolute Gasteiger partial charge is 0.253 e. The Bertz CT molecular complexity index is 1560. The topological polar surface area (TPSA) is 104 Å². The molecule has 2 aromatic carbocycles. The molecule has 0 bridgehead atoms. The van der Waals surface area contributed by atoms with E-state index in [4.69, 9.17) is 39.5 Å². The van der Waals surface area contributed by atoms with Gasteiger partial charge in [-0.2, -0.15) is 0 Å². The number of nitrogens with zero attached hydrogens (tertiary/aromatic N) is 2. The fourth-order valence-electron chi connectivity index (χ4n) is 6.96. The SMILES string of the molecule is COc1ccc([C@H]2C3=CC[C@@H]4C(=O)N(c5ccc(C)c(Cl)c5)C(=O)[C@@H]4[C@@H]3C[C@@]3(Cl)C(=O)N(C)C(=O)[C@@]23Cl)c(O)c1. The molecular weight excluding hydrogens is 579 g/mol. The minimum Gasteiger partial charge on any atom is -0.508 e. The Morgan fingerprint density at radius 3 is 2.38 bits per heavy atom. The van der Waals surface area contributed by atoms with E-state index >= 15 is 0 Å². The average molecular weight is 604 g/mol. The van der Waals surface area contributed by atoms with Gasteiger partial charge in [-0.3, -0.25) is 24.1 Å². The van der Waals surface area contributed by atoms with E-state index in [1.807, 2.05) is 13.0 Å². The fourth-order valence-corrected chi connectivity index (χ4v) is 8.15. The van der Waals surface area contributed by atoms with Crippen LogP contribution in [0.3, 0.4) is 0 Å². The molecule has 0 spiro atoms. The van der Waals surface area contributed by atoms with Gasteiger partial charge in [0.2, 0.25) is 11.8 Å². The number of alkyl halides is 2. The van der Waals surface area contributed by atoms with Gasteiger partial charge in [-0.25, -0.2) is 4.90 Å². The second-order valence-electron chi connectivity index (χ2n) is 10.9. The molecule has 4 amide bonds. The van der Waals surface area contributed by atoms with Crippen molar-refractivity contribution in [1.29, 1.82) is 0 Å². The van der Waals surface area contributed by atoms with Gasteiger partial charge < -0.3 is 9.84 Å². The average Bonchev–Trinajstić information content (AvgIpc) is 3.25. The number of carbonyl (C=O) groups excluding carboxylic acids is 4. The fraction of sp³-hybridized carbons (Fsp3) is 0.379. The summed E-state index contributed by atoms with van der Waals surface area (Å²) in [4.78, 5) is 52.9. The zero-order chi connectivity index (χ0) is 28.9. The molecule has 4 aliphatic rings. The Morgan fingerprint density at radius 1 is 1.00 bits per heavy atom. The van der Waals surface area contributed by atoms with Crippen molar-refractivity contribution in [3.8, 4) is 11.5 Å². The lowest BCUT2D eigenvalue weighted by molar-refractivity contribution is -0.138. The number of amides is 4. The van der Waals surface area contributed by atoms with Crippen LogP contribution in [0.15, 0.2) is 48.0 Å². The molecule has 11 heteroatoms. The third-order valence-corrected chi connectivity index (χ3v) is 10.8. The summed E-state index contributed by atoms with van der Waals surface area (Å²) in [5, 5.41) is 11.5. The summed E-state index contributed by atoms with van der Waals surface area (Å²) in [7, 11) is 2.77. The van der Waals surface area contributed by atoms with Crippen molar-refractivity contribution in [1.82, 2.24) is 4.90 Å². The van der Waals surface area contributed by atoms with Gasteiger partial charge in [0.25, 0.3) is 11.8 Å². The van der Waals surface area contributed by atoms with Gasteiger partial charge in [0.15, 0.2) is 9.75 Å². The summed E-state index contributed by atoms with van der Waals surface area (Å²) in [6.45, 7) is 1.82. The molecular formula is C29H25Cl3N2O6. The summed E-state index contributed by atoms with van der Waals surface area (Å²) in [6, 6.07) is 9.56. The molecule has 40 heavy (non-hydrogen) atoms. The highest BCUT2D eigenvalue weighted by atomic mass is 35.5. The van der Waals surface area contributed by atoms with Gasteiger partial charge in [0.05, 0.1) is 24.6 Å². The number of benzene rings is 2. The Kier molecular flexibility index (Phi) is 6.08. The number of ether oxygens (including phenoxy) is 1. The number of hydrogen-bond donors (Lipinski definition) is 1. The van der Waals surface area contributed by atoms with Crippen molar-refractivity contribution in [2.75, 3.05) is 19.1 Å². The Hall–Kier alpha value is -3.07. The largest absolute Gasteiger partial charge is 0.508 e. The number of phenolic OH excluding ortho intramolecular Hbond substituents is 1. The van der Waals surface area contributed by atoms with Gasteiger partial charge in [0, 0.05) is 29.6 Å². The van der Waals surface area contributed by atoms with Crippen molar-refractivity contribution in [2.45, 2.75) is 35.4 Å². The molecule has 6 rings (SSSR count). The highest BCUT2D eigenvalue weighted by molar-refractivity contribution is 6.53. The second-order valence-corrected chi connectivity index (χ2v) is 12.5. The zero-order valence-corrected chi connectivity index (χ0v) is 24.0. The zero-order valence-electron chi connectivity index (χ0n) is 21.8. The van der Waals surface area contributed by atoms with E-state index in [1.54, 1.807) is 30.3 Å². The predicted molar refractivity (Wildman–Crippen MR) is 149 cm³/mol. The van der Waals surface area contributed by atoms with Crippen LogP contribution in [0.25, 0.3) is 0 Å². The van der Waals surface area contributed by atoms with Crippen LogP contribution in [-0.4, -0.2) is 57.5 Å². The van der Waals surface area contributed by atoms with Crippen LogP contribution in [-0.2, 0) is 19.2 Å². The molecule has 0 aromatic heterocycles. The predicted octanol–water partition coefficient (Wildman–Crippen LogP) is 4.56. The van der Waals surface area contributed by atoms with Crippen molar-refractivity contribution in [3.05, 3.63) is 64.2 Å². The molecule has 0 unspecified atom stereocenters. The first-order valence-electron chi connectivity index (χ1n) is 12.8. The quantitative estimate of drug-likeness (QED) is 0.314. The number of imide groups is 2. The van der Waals surface area contributed by atoms with E-state index in [2.05, 4.69) is 0 Å². The molecule has 6 atom stereocenters. The highest BCUT2D eigenvalue weighted by Gasteiger charge is 2.76. The van der Waals surface area contributed by atoms with Crippen LogP contribution in [0, 0.1) is 24.7 Å². The number of aryl methyl sites for hydroxylation is 1. The number of allylic oxidation sites excluding steroid dienone is 2. The van der Waals surface area contributed by atoms with E-state index in [9.17, 15) is 24.3 Å². The van der Waals surface area contributed by atoms with E-state index in [1.165, 1.54) is 20.2 Å². The van der Waals surface area contributed by atoms with Crippen LogP contribution < -0.4 is 9.64 Å². The summed E-state index contributed by atoms with van der Waals surface area (Å²) in [5.74, 6) is -5.30. The molecule has 208 valence electrons. The molecule has 2 saturated heterocycles. The van der Waals surface area contributed by atoms with Gasteiger partial charge in [-0.05, 0) is 49.4 Å². The normalized spacial score (nSPS) is 33.1. The summed E-state index contributed by atoms with van der Waals surface area (Å²) < 4.78 is 5.22. The van der Waals surface area contributed by atoms with Gasteiger partial charge >= 0.3 is 0 Å². The van der Waals surface area contributed by atoms with E-state index < -0.39 is 51.1 Å². The first kappa shape index (κ1) is 27.1. The number of likely N-dealkylation sites (tertiary alicyclic amines) is 1. The minimum absolute atomic E-state index is 0.130. The first-order chi connectivity index (χ1) is 18.9. The summed E-state index contributed by atoms with van der Waals surface area (Å²) in [5.41, 5.74) is 2.03. The van der Waals surface area contributed by atoms with Crippen molar-refractivity contribution in [2.24, 2.45) is 17.8 Å². The lowest BCUT2D eigenvalue weighted by Gasteiger charge is -2.50. The summed E-state index contributed by atoms with van der Waals surface area (Å²) >= 11 is 20.6. The Labute approximate surface area is 245 Å². The number of halogens is 3. The molecule has 8 nitrogen and oxygen atoms in total. The van der Waals surface area contributed by atoms with E-state index in [-0.39, 0.29) is 30.1 Å². The highest BCUT2D eigenvalue weighted by Crippen LogP contribution is 2.66. The number of carbonyl (C=O) groups is 4. The number of fused-ring (bicyclic) bond motifs is 4. The van der Waals surface area contributed by atoms with E-state index in [0.29, 0.717) is 22.0 Å². The second kappa shape index (κ2) is 8.96. The maximum atomic E-state index is 14.0. The molecule has 1 N–H and O–H groups in total. The first-order valence-corrected chi connectivity index (χ1v) is 13.9. The number of anilines is 1. The van der Waals surface area contributed by atoms with Crippen molar-refractivity contribution in [3.63, 3.8) is 0 Å². The standard InChI is InChI=1S/C29H25Cl3N2O6/c1-13-4-5-14(10-20(13)30)34-24(36)18-9-8-16-19(22(18)25(34)37)12-28(31)26(38)33(2)27(39)29(28,32)23(16)17-7-6-15(40-3)11-21(17)35/h4-8,10-11,18-19,22-23,35H,9,12H2,1-3H3/t18-,19+,22-,23+,28+,29-/m0/s1. The molecule has 0 radical (unpaired) electrons. The molecule has 2 aromatic rings. The van der Waals surface area contributed by atoms with Crippen LogP contribution in [0.4, 0.5) is 5.69 Å². The maximum Gasteiger partial charge on any atom is 0.253 e. The van der Waals surface area contributed by atoms with Crippen LogP contribution >= 0.6 is 34.8 Å². The van der Waals surface area contributed by atoms with Gasteiger partial charge in [-0.1, -0.05) is 35.4 Å². The Balaban J connectivity index is 1.52. The molecule has 2 aliphatic heterocycles. The van der Waals surface area contributed by atoms with Crippen molar-refractivity contribution >= 4 is 64.1 Å². The third-order valence-electron chi connectivity index (χ3n) is 8.98. The van der Waals surface area contributed by atoms with E-state index in [0.717, 1.165) is 15.4 Å². The van der Waals surface area contributed by atoms with Crippen LogP contribution in [0.1, 0.15) is 29.9 Å². The third kappa shape index (κ3) is 3.33. The summed E-state index contributed by atoms with van der Waals surface area (Å²) in [6.07, 6.45) is 1.90. The van der Waals surface area contributed by atoms with Crippen LogP contribution in [0.2, 0.25) is 5.02 Å².